The Balaban J connectivity index is 2.10. The molecule has 0 saturated heterocycles. The van der Waals surface area contributed by atoms with Crippen LogP contribution in [-0.2, 0) is 6.54 Å². The number of halogens is 1. The van der Waals surface area contributed by atoms with Crippen molar-refractivity contribution in [3.05, 3.63) is 53.1 Å². The van der Waals surface area contributed by atoms with E-state index in [2.05, 4.69) is 5.32 Å². The molecular formula is C13H14ClN3. The topological polar surface area (TPSA) is 64.1 Å². The summed E-state index contributed by atoms with van der Waals surface area (Å²) in [5.74, 6) is 0. The van der Waals surface area contributed by atoms with Gasteiger partial charge in [-0.3, -0.25) is 0 Å². The molecule has 0 aliphatic rings. The molecule has 0 atom stereocenters. The molecule has 0 unspecified atom stereocenters. The Kier molecular flexibility index (Phi) is 3.40. The van der Waals surface area contributed by atoms with Crippen LogP contribution in [0.5, 0.6) is 0 Å². The zero-order valence-electron chi connectivity index (χ0n) is 9.28. The molecular weight excluding hydrogens is 234 g/mol. The summed E-state index contributed by atoms with van der Waals surface area (Å²) in [4.78, 5) is 0. The van der Waals surface area contributed by atoms with Crippen molar-refractivity contribution in [1.29, 1.82) is 0 Å². The summed E-state index contributed by atoms with van der Waals surface area (Å²) in [7, 11) is 0. The lowest BCUT2D eigenvalue weighted by Gasteiger charge is -2.10. The maximum atomic E-state index is 6.06. The fourth-order valence-corrected chi connectivity index (χ4v) is 1.78. The molecule has 3 nitrogen and oxygen atoms in total. The standard InChI is InChI=1S/C13H14ClN3/c14-11-4-2-1-3-9(11)8-17-13-6-5-10(15)7-12(13)16/h1-7,17H,8,15-16H2. The van der Waals surface area contributed by atoms with Crippen LogP contribution >= 0.6 is 11.6 Å². The molecule has 2 aromatic carbocycles. The van der Waals surface area contributed by atoms with Crippen molar-refractivity contribution >= 4 is 28.7 Å². The van der Waals surface area contributed by atoms with E-state index in [4.69, 9.17) is 23.1 Å². The van der Waals surface area contributed by atoms with Crippen LogP contribution in [0, 0.1) is 0 Å². The number of hydrogen-bond acceptors (Lipinski definition) is 3. The molecule has 0 bridgehead atoms. The summed E-state index contributed by atoms with van der Waals surface area (Å²) < 4.78 is 0. The highest BCUT2D eigenvalue weighted by atomic mass is 35.5. The van der Waals surface area contributed by atoms with Crippen LogP contribution in [-0.4, -0.2) is 0 Å². The van der Waals surface area contributed by atoms with Gasteiger partial charge in [0.1, 0.15) is 0 Å². The first-order valence-electron chi connectivity index (χ1n) is 5.29. The summed E-state index contributed by atoms with van der Waals surface area (Å²) in [6.07, 6.45) is 0. The monoisotopic (exact) mass is 247 g/mol. The van der Waals surface area contributed by atoms with Crippen molar-refractivity contribution in [2.24, 2.45) is 0 Å². The van der Waals surface area contributed by atoms with E-state index >= 15 is 0 Å². The second-order valence-electron chi connectivity index (χ2n) is 3.79. The average molecular weight is 248 g/mol. The normalized spacial score (nSPS) is 10.2. The van der Waals surface area contributed by atoms with E-state index < -0.39 is 0 Å². The smallest absolute Gasteiger partial charge is 0.0578 e. The molecule has 0 aliphatic carbocycles. The lowest BCUT2D eigenvalue weighted by atomic mass is 10.2. The van der Waals surface area contributed by atoms with Crippen molar-refractivity contribution < 1.29 is 0 Å². The molecule has 0 aliphatic heterocycles. The van der Waals surface area contributed by atoms with Gasteiger partial charge in [0.25, 0.3) is 0 Å². The lowest BCUT2D eigenvalue weighted by Crippen LogP contribution is -2.03. The van der Waals surface area contributed by atoms with Gasteiger partial charge in [0.15, 0.2) is 0 Å². The maximum Gasteiger partial charge on any atom is 0.0578 e. The minimum Gasteiger partial charge on any atom is -0.399 e. The number of rotatable bonds is 3. The van der Waals surface area contributed by atoms with Crippen molar-refractivity contribution in [3.8, 4) is 0 Å². The van der Waals surface area contributed by atoms with Gasteiger partial charge in [-0.25, -0.2) is 0 Å². The Hall–Kier alpha value is -1.87. The summed E-state index contributed by atoms with van der Waals surface area (Å²) in [6.45, 7) is 0.633. The second kappa shape index (κ2) is 4.97. The first kappa shape index (κ1) is 11.6. The van der Waals surface area contributed by atoms with Gasteiger partial charge < -0.3 is 16.8 Å². The molecule has 0 spiro atoms. The van der Waals surface area contributed by atoms with Gasteiger partial charge in [-0.05, 0) is 29.8 Å². The number of anilines is 3. The van der Waals surface area contributed by atoms with Crippen molar-refractivity contribution in [3.63, 3.8) is 0 Å². The fourth-order valence-electron chi connectivity index (χ4n) is 1.57. The molecule has 17 heavy (non-hydrogen) atoms. The first-order chi connectivity index (χ1) is 8.16. The highest BCUT2D eigenvalue weighted by Gasteiger charge is 2.01. The van der Waals surface area contributed by atoms with Crippen LogP contribution in [0.1, 0.15) is 5.56 Å². The molecule has 88 valence electrons. The summed E-state index contributed by atoms with van der Waals surface area (Å²) in [5, 5.41) is 3.98. The SMILES string of the molecule is Nc1ccc(NCc2ccccc2Cl)c(N)c1. The third kappa shape index (κ3) is 2.82. The minimum absolute atomic E-state index is 0.633. The summed E-state index contributed by atoms with van der Waals surface area (Å²) in [5.41, 5.74) is 14.7. The molecule has 0 saturated carbocycles. The zero-order valence-corrected chi connectivity index (χ0v) is 10.0. The van der Waals surface area contributed by atoms with E-state index in [1.54, 1.807) is 6.07 Å². The molecule has 0 heterocycles. The Labute approximate surface area is 105 Å². The van der Waals surface area contributed by atoms with Gasteiger partial charge in [0, 0.05) is 17.3 Å². The van der Waals surface area contributed by atoms with E-state index in [9.17, 15) is 0 Å². The highest BCUT2D eigenvalue weighted by Crippen LogP contribution is 2.23. The predicted octanol–water partition coefficient (Wildman–Crippen LogP) is 3.12. The molecule has 0 aromatic heterocycles. The van der Waals surface area contributed by atoms with E-state index in [-0.39, 0.29) is 0 Å². The van der Waals surface area contributed by atoms with Gasteiger partial charge in [0.05, 0.1) is 11.4 Å². The number of hydrogen-bond donors (Lipinski definition) is 3. The van der Waals surface area contributed by atoms with E-state index in [0.29, 0.717) is 17.9 Å². The van der Waals surface area contributed by atoms with Crippen molar-refractivity contribution in [1.82, 2.24) is 0 Å². The van der Waals surface area contributed by atoms with E-state index in [1.165, 1.54) is 0 Å². The Morgan fingerprint density at radius 2 is 1.82 bits per heavy atom. The Morgan fingerprint density at radius 3 is 2.53 bits per heavy atom. The molecule has 4 heteroatoms. The van der Waals surface area contributed by atoms with Crippen LogP contribution in [0.25, 0.3) is 0 Å². The minimum atomic E-state index is 0.633. The van der Waals surface area contributed by atoms with Crippen molar-refractivity contribution in [2.45, 2.75) is 6.54 Å². The van der Waals surface area contributed by atoms with Crippen LogP contribution in [0.2, 0.25) is 5.02 Å². The zero-order chi connectivity index (χ0) is 12.3. The molecule has 2 rings (SSSR count). The van der Waals surface area contributed by atoms with E-state index in [1.807, 2.05) is 36.4 Å². The Bertz CT molecular complexity index is 526. The maximum absolute atomic E-state index is 6.06. The fraction of sp³-hybridized carbons (Fsp3) is 0.0769. The van der Waals surface area contributed by atoms with Crippen molar-refractivity contribution in [2.75, 3.05) is 16.8 Å². The first-order valence-corrected chi connectivity index (χ1v) is 5.67. The van der Waals surface area contributed by atoms with E-state index in [0.717, 1.165) is 16.3 Å². The van der Waals surface area contributed by atoms with Crippen LogP contribution in [0.4, 0.5) is 17.1 Å². The van der Waals surface area contributed by atoms with Crippen LogP contribution in [0.3, 0.4) is 0 Å². The number of nitrogens with two attached hydrogens (primary N) is 2. The number of nitrogen functional groups attached to an aromatic ring is 2. The molecule has 5 N–H and O–H groups in total. The van der Waals surface area contributed by atoms with Crippen LogP contribution < -0.4 is 16.8 Å². The Morgan fingerprint density at radius 1 is 1.06 bits per heavy atom. The third-order valence-corrected chi connectivity index (χ3v) is 2.87. The molecule has 0 radical (unpaired) electrons. The van der Waals surface area contributed by atoms with Crippen LogP contribution in [0.15, 0.2) is 42.5 Å². The van der Waals surface area contributed by atoms with Gasteiger partial charge in [0.2, 0.25) is 0 Å². The molecule has 2 aromatic rings. The lowest BCUT2D eigenvalue weighted by molar-refractivity contribution is 1.15. The van der Waals surface area contributed by atoms with Gasteiger partial charge in [-0.15, -0.1) is 0 Å². The summed E-state index contributed by atoms with van der Waals surface area (Å²) >= 11 is 6.06. The predicted molar refractivity (Wildman–Crippen MR) is 74.0 cm³/mol. The number of benzene rings is 2. The van der Waals surface area contributed by atoms with Gasteiger partial charge >= 0.3 is 0 Å². The molecule has 0 amide bonds. The molecule has 0 fully saturated rings. The summed E-state index contributed by atoms with van der Waals surface area (Å²) in [6, 6.07) is 13.1. The average Bonchev–Trinajstić information content (AvgIpc) is 2.30. The van der Waals surface area contributed by atoms with Gasteiger partial charge in [-0.2, -0.15) is 0 Å². The van der Waals surface area contributed by atoms with Gasteiger partial charge in [-0.1, -0.05) is 29.8 Å². The largest absolute Gasteiger partial charge is 0.399 e. The quantitative estimate of drug-likeness (QED) is 0.731. The third-order valence-electron chi connectivity index (χ3n) is 2.50. The highest BCUT2D eigenvalue weighted by molar-refractivity contribution is 6.31. The number of nitrogens with one attached hydrogen (secondary N) is 1. The second-order valence-corrected chi connectivity index (χ2v) is 4.20.